The van der Waals surface area contributed by atoms with E-state index in [2.05, 4.69) is 9.71 Å². The van der Waals surface area contributed by atoms with Gasteiger partial charge in [-0.1, -0.05) is 11.6 Å². The van der Waals surface area contributed by atoms with Gasteiger partial charge in [0.2, 0.25) is 6.79 Å². The van der Waals surface area contributed by atoms with Crippen LogP contribution in [0.4, 0.5) is 11.4 Å². The minimum atomic E-state index is -4.08. The Morgan fingerprint density at radius 3 is 2.57 bits per heavy atom. The van der Waals surface area contributed by atoms with Crippen molar-refractivity contribution < 1.29 is 22.8 Å². The molecule has 9 nitrogen and oxygen atoms in total. The summed E-state index contributed by atoms with van der Waals surface area (Å²) in [6.45, 7) is -0.0935. The van der Waals surface area contributed by atoms with Crippen LogP contribution in [0.15, 0.2) is 35.4 Å². The van der Waals surface area contributed by atoms with E-state index >= 15 is 0 Å². The number of nitrogens with one attached hydrogen (secondary N) is 1. The minimum absolute atomic E-state index is 0.0935. The van der Waals surface area contributed by atoms with Crippen molar-refractivity contribution in [3.63, 3.8) is 0 Å². The molecule has 1 N–H and O–H groups in total. The number of pyridine rings is 1. The average Bonchev–Trinajstić information content (AvgIpc) is 2.93. The van der Waals surface area contributed by atoms with Gasteiger partial charge in [-0.2, -0.15) is 0 Å². The molecule has 2 aromatic rings. The number of nitro groups is 1. The van der Waals surface area contributed by atoms with Crippen LogP contribution in [-0.2, 0) is 10.0 Å². The zero-order chi connectivity index (χ0) is 16.6. The van der Waals surface area contributed by atoms with Crippen LogP contribution in [0.25, 0.3) is 0 Å². The van der Waals surface area contributed by atoms with Crippen molar-refractivity contribution in [2.24, 2.45) is 0 Å². The number of nitrogens with zero attached hydrogens (tertiary/aromatic N) is 2. The Morgan fingerprint density at radius 1 is 1.26 bits per heavy atom. The van der Waals surface area contributed by atoms with Gasteiger partial charge in [0, 0.05) is 12.3 Å². The van der Waals surface area contributed by atoms with E-state index in [0.29, 0.717) is 0 Å². The van der Waals surface area contributed by atoms with Gasteiger partial charge in [-0.3, -0.25) is 14.8 Å². The molecule has 0 unspecified atom stereocenters. The molecule has 2 heterocycles. The van der Waals surface area contributed by atoms with E-state index < -0.39 is 20.6 Å². The lowest BCUT2D eigenvalue weighted by molar-refractivity contribution is -0.383. The number of benzene rings is 1. The summed E-state index contributed by atoms with van der Waals surface area (Å²) in [5.41, 5.74) is -0.700. The molecule has 0 saturated carbocycles. The summed E-state index contributed by atoms with van der Waals surface area (Å²) < 4.78 is 36.9. The topological polar surface area (TPSA) is 121 Å². The van der Waals surface area contributed by atoms with Crippen LogP contribution in [0, 0.1) is 10.1 Å². The van der Waals surface area contributed by atoms with Gasteiger partial charge >= 0.3 is 0 Å². The van der Waals surface area contributed by atoms with Crippen LogP contribution in [-0.4, -0.2) is 25.1 Å². The molecule has 3 rings (SSSR count). The minimum Gasteiger partial charge on any atom is -0.454 e. The standard InChI is InChI=1S/C12H8ClN3O6S/c13-12-2-1-7(5-14-12)23(19,20)15-8-3-10-11(22-6-21-10)4-9(8)16(17)18/h1-5,15H,6H2. The molecular weight excluding hydrogens is 350 g/mol. The summed E-state index contributed by atoms with van der Waals surface area (Å²) in [5, 5.41) is 11.3. The van der Waals surface area contributed by atoms with Crippen molar-refractivity contribution in [3.05, 3.63) is 45.7 Å². The molecule has 0 fully saturated rings. The Hall–Kier alpha value is -2.59. The van der Waals surface area contributed by atoms with E-state index in [1.54, 1.807) is 0 Å². The summed E-state index contributed by atoms with van der Waals surface area (Å²) in [6, 6.07) is 4.82. The highest BCUT2D eigenvalue weighted by molar-refractivity contribution is 7.92. The first kappa shape index (κ1) is 15.3. The fourth-order valence-electron chi connectivity index (χ4n) is 1.89. The zero-order valence-electron chi connectivity index (χ0n) is 11.2. The molecular formula is C12H8ClN3O6S. The van der Waals surface area contributed by atoms with Gasteiger partial charge in [-0.25, -0.2) is 13.4 Å². The Balaban J connectivity index is 2.02. The number of aromatic nitrogens is 1. The molecule has 1 aromatic carbocycles. The van der Waals surface area contributed by atoms with Crippen LogP contribution in [0.2, 0.25) is 5.15 Å². The number of hydrogen-bond acceptors (Lipinski definition) is 7. The van der Waals surface area contributed by atoms with E-state index in [4.69, 9.17) is 21.1 Å². The number of rotatable bonds is 4. The summed E-state index contributed by atoms with van der Waals surface area (Å²) in [5.74, 6) is 0.385. The van der Waals surface area contributed by atoms with Crippen LogP contribution in [0.5, 0.6) is 11.5 Å². The predicted molar refractivity (Wildman–Crippen MR) is 79.3 cm³/mol. The number of anilines is 1. The molecule has 0 spiro atoms. The average molecular weight is 358 g/mol. The van der Waals surface area contributed by atoms with E-state index in [-0.39, 0.29) is 34.0 Å². The second-order valence-corrected chi connectivity index (χ2v) is 6.47. The van der Waals surface area contributed by atoms with Crippen molar-refractivity contribution >= 4 is 33.0 Å². The third-order valence-electron chi connectivity index (χ3n) is 2.94. The second kappa shape index (κ2) is 5.56. The highest BCUT2D eigenvalue weighted by Crippen LogP contribution is 2.41. The van der Waals surface area contributed by atoms with Gasteiger partial charge in [-0.15, -0.1) is 0 Å². The van der Waals surface area contributed by atoms with Crippen LogP contribution < -0.4 is 14.2 Å². The molecule has 1 aromatic heterocycles. The Bertz CT molecular complexity index is 884. The van der Waals surface area contributed by atoms with Gasteiger partial charge in [0.25, 0.3) is 15.7 Å². The Morgan fingerprint density at radius 2 is 1.96 bits per heavy atom. The van der Waals surface area contributed by atoms with Crippen molar-refractivity contribution in [1.29, 1.82) is 0 Å². The molecule has 0 radical (unpaired) electrons. The molecule has 1 aliphatic heterocycles. The molecule has 1 aliphatic rings. The van der Waals surface area contributed by atoms with E-state index in [1.165, 1.54) is 18.2 Å². The lowest BCUT2D eigenvalue weighted by Gasteiger charge is -2.09. The first-order chi connectivity index (χ1) is 10.9. The van der Waals surface area contributed by atoms with Gasteiger partial charge < -0.3 is 9.47 Å². The SMILES string of the molecule is O=[N+]([O-])c1cc2c(cc1NS(=O)(=O)c1ccc(Cl)nc1)OCO2. The lowest BCUT2D eigenvalue weighted by Crippen LogP contribution is -2.14. The summed E-state index contributed by atoms with van der Waals surface area (Å²) in [4.78, 5) is 13.9. The maximum absolute atomic E-state index is 12.3. The van der Waals surface area contributed by atoms with Gasteiger partial charge in [-0.05, 0) is 12.1 Å². The molecule has 120 valence electrons. The van der Waals surface area contributed by atoms with Gasteiger partial charge in [0.15, 0.2) is 11.5 Å². The van der Waals surface area contributed by atoms with Crippen molar-refractivity contribution in [2.75, 3.05) is 11.5 Å². The Kier molecular flexibility index (Phi) is 3.70. The van der Waals surface area contributed by atoms with E-state index in [9.17, 15) is 18.5 Å². The maximum atomic E-state index is 12.3. The van der Waals surface area contributed by atoms with Crippen LogP contribution >= 0.6 is 11.6 Å². The number of halogens is 1. The van der Waals surface area contributed by atoms with Crippen molar-refractivity contribution in [2.45, 2.75) is 4.90 Å². The predicted octanol–water partition coefficient (Wildman–Crippen LogP) is 2.17. The number of nitro benzene ring substituents is 1. The normalized spacial score (nSPS) is 12.9. The molecule has 0 aliphatic carbocycles. The monoisotopic (exact) mass is 357 g/mol. The maximum Gasteiger partial charge on any atom is 0.297 e. The summed E-state index contributed by atoms with van der Waals surface area (Å²) in [6.07, 6.45) is 1.05. The highest BCUT2D eigenvalue weighted by atomic mass is 35.5. The number of ether oxygens (including phenoxy) is 2. The van der Waals surface area contributed by atoms with E-state index in [0.717, 1.165) is 12.3 Å². The number of sulfonamides is 1. The largest absolute Gasteiger partial charge is 0.454 e. The third kappa shape index (κ3) is 2.98. The molecule has 0 atom stereocenters. The molecule has 0 saturated heterocycles. The second-order valence-electron chi connectivity index (χ2n) is 4.40. The third-order valence-corrected chi connectivity index (χ3v) is 4.52. The Labute approximate surface area is 135 Å². The molecule has 11 heteroatoms. The number of fused-ring (bicyclic) bond motifs is 1. The van der Waals surface area contributed by atoms with Crippen molar-refractivity contribution in [1.82, 2.24) is 4.98 Å². The summed E-state index contributed by atoms with van der Waals surface area (Å²) in [7, 11) is -4.08. The zero-order valence-corrected chi connectivity index (χ0v) is 12.8. The van der Waals surface area contributed by atoms with Gasteiger partial charge in [0.05, 0.1) is 11.0 Å². The fourth-order valence-corrected chi connectivity index (χ4v) is 3.01. The van der Waals surface area contributed by atoms with E-state index in [1.807, 2.05) is 0 Å². The van der Waals surface area contributed by atoms with Gasteiger partial charge in [0.1, 0.15) is 15.7 Å². The summed E-state index contributed by atoms with van der Waals surface area (Å²) >= 11 is 5.61. The van der Waals surface area contributed by atoms with Crippen molar-refractivity contribution in [3.8, 4) is 11.5 Å². The molecule has 23 heavy (non-hydrogen) atoms. The molecule has 0 bridgehead atoms. The highest BCUT2D eigenvalue weighted by Gasteiger charge is 2.26. The quantitative estimate of drug-likeness (QED) is 0.505. The van der Waals surface area contributed by atoms with Crippen LogP contribution in [0.3, 0.4) is 0 Å². The fraction of sp³-hybridized carbons (Fsp3) is 0.0833. The number of hydrogen-bond donors (Lipinski definition) is 1. The van der Waals surface area contributed by atoms with Crippen LogP contribution in [0.1, 0.15) is 0 Å². The first-order valence-corrected chi connectivity index (χ1v) is 7.95. The smallest absolute Gasteiger partial charge is 0.297 e. The lowest BCUT2D eigenvalue weighted by atomic mass is 10.2. The first-order valence-electron chi connectivity index (χ1n) is 6.09. The molecule has 0 amide bonds.